The molecule has 19 heavy (non-hydrogen) atoms. The second-order valence-electron chi connectivity index (χ2n) is 4.71. The van der Waals surface area contributed by atoms with Gasteiger partial charge < -0.3 is 16.0 Å². The number of carbonyl (C=O) groups excluding carboxylic acids is 1. The van der Waals surface area contributed by atoms with Crippen molar-refractivity contribution in [3.8, 4) is 0 Å². The number of carbonyl (C=O) groups is 1. The van der Waals surface area contributed by atoms with Gasteiger partial charge in [0.15, 0.2) is 5.13 Å². The summed E-state index contributed by atoms with van der Waals surface area (Å²) in [7, 11) is 1.82. The Hall–Kier alpha value is -1.30. The smallest absolute Gasteiger partial charge is 0.267 e. The summed E-state index contributed by atoms with van der Waals surface area (Å²) in [4.78, 5) is 18.8. The number of rotatable bonds is 7. The molecule has 108 valence electrons. The summed E-state index contributed by atoms with van der Waals surface area (Å²) < 4.78 is 0. The molecule has 0 spiro atoms. The van der Waals surface area contributed by atoms with Gasteiger partial charge in [-0.05, 0) is 19.8 Å². The molecule has 0 saturated heterocycles. The molecule has 6 heteroatoms. The van der Waals surface area contributed by atoms with Gasteiger partial charge in [0.05, 0.1) is 0 Å². The van der Waals surface area contributed by atoms with Gasteiger partial charge in [0.25, 0.3) is 5.91 Å². The predicted molar refractivity (Wildman–Crippen MR) is 81.8 cm³/mol. The summed E-state index contributed by atoms with van der Waals surface area (Å²) >= 11 is 1.33. The van der Waals surface area contributed by atoms with E-state index in [1.807, 2.05) is 7.05 Å². The Balaban J connectivity index is 2.78. The zero-order valence-corrected chi connectivity index (χ0v) is 13.0. The first kappa shape index (κ1) is 15.8. The molecule has 5 nitrogen and oxygen atoms in total. The summed E-state index contributed by atoms with van der Waals surface area (Å²) in [5.41, 5.74) is 5.84. The number of hydrogen-bond acceptors (Lipinski definition) is 5. The third kappa shape index (κ3) is 4.09. The van der Waals surface area contributed by atoms with Crippen molar-refractivity contribution in [2.24, 2.45) is 0 Å². The van der Waals surface area contributed by atoms with Crippen LogP contribution >= 0.6 is 11.3 Å². The highest BCUT2D eigenvalue weighted by atomic mass is 32.1. The standard InChI is InChI=1S/C13H24N4OS/c1-5-7-9(3)17(4)12(18)10-11(14)16-13(19-10)15-8-6-2/h9H,5-8,14H2,1-4H3,(H,15,16). The molecule has 0 aromatic carbocycles. The molecule has 0 saturated carbocycles. The van der Waals surface area contributed by atoms with Gasteiger partial charge in [-0.1, -0.05) is 31.6 Å². The molecule has 1 heterocycles. The molecule has 0 aliphatic rings. The van der Waals surface area contributed by atoms with Gasteiger partial charge in [0, 0.05) is 19.6 Å². The molecule has 0 aliphatic heterocycles. The molecule has 1 aromatic rings. The molecule has 1 rings (SSSR count). The van der Waals surface area contributed by atoms with Gasteiger partial charge in [-0.3, -0.25) is 4.79 Å². The van der Waals surface area contributed by atoms with Crippen LogP contribution in [0, 0.1) is 0 Å². The Bertz CT molecular complexity index is 419. The Morgan fingerprint density at radius 1 is 1.47 bits per heavy atom. The van der Waals surface area contributed by atoms with Crippen LogP contribution in [0.3, 0.4) is 0 Å². The summed E-state index contributed by atoms with van der Waals surface area (Å²) in [6.45, 7) is 7.08. The van der Waals surface area contributed by atoms with E-state index in [9.17, 15) is 4.79 Å². The fraction of sp³-hybridized carbons (Fsp3) is 0.692. The maximum absolute atomic E-state index is 12.4. The Kier molecular flexibility index (Phi) is 6.08. The molecule has 1 aromatic heterocycles. The van der Waals surface area contributed by atoms with Crippen molar-refractivity contribution < 1.29 is 4.79 Å². The van der Waals surface area contributed by atoms with E-state index in [1.165, 1.54) is 11.3 Å². The fourth-order valence-electron chi connectivity index (χ4n) is 1.76. The highest BCUT2D eigenvalue weighted by molar-refractivity contribution is 7.18. The zero-order valence-electron chi connectivity index (χ0n) is 12.2. The van der Waals surface area contributed by atoms with Crippen LogP contribution in [0.15, 0.2) is 0 Å². The maximum Gasteiger partial charge on any atom is 0.267 e. The number of thiazole rings is 1. The second-order valence-corrected chi connectivity index (χ2v) is 5.71. The Morgan fingerprint density at radius 3 is 2.74 bits per heavy atom. The van der Waals surface area contributed by atoms with Crippen LogP contribution in [-0.2, 0) is 0 Å². The SMILES string of the molecule is CCCNc1nc(N)c(C(=O)N(C)C(C)CCC)s1. The molecule has 1 unspecified atom stereocenters. The van der Waals surface area contributed by atoms with Crippen LogP contribution in [-0.4, -0.2) is 35.4 Å². The molecular formula is C13H24N4OS. The van der Waals surface area contributed by atoms with E-state index in [-0.39, 0.29) is 11.9 Å². The van der Waals surface area contributed by atoms with Crippen molar-refractivity contribution in [3.63, 3.8) is 0 Å². The first-order valence-electron chi connectivity index (χ1n) is 6.78. The monoisotopic (exact) mass is 284 g/mol. The Labute approximate surface area is 119 Å². The lowest BCUT2D eigenvalue weighted by Crippen LogP contribution is -2.34. The zero-order chi connectivity index (χ0) is 14.4. The Morgan fingerprint density at radius 2 is 2.16 bits per heavy atom. The molecule has 0 aliphatic carbocycles. The van der Waals surface area contributed by atoms with Crippen molar-refractivity contribution in [1.29, 1.82) is 0 Å². The lowest BCUT2D eigenvalue weighted by molar-refractivity contribution is 0.0742. The number of nitrogens with one attached hydrogen (secondary N) is 1. The number of amides is 1. The lowest BCUT2D eigenvalue weighted by Gasteiger charge is -2.24. The van der Waals surface area contributed by atoms with E-state index in [1.54, 1.807) is 4.90 Å². The fourth-order valence-corrected chi connectivity index (χ4v) is 2.66. The molecule has 3 N–H and O–H groups in total. The summed E-state index contributed by atoms with van der Waals surface area (Å²) in [5, 5.41) is 3.88. The van der Waals surface area contributed by atoms with Gasteiger partial charge in [-0.25, -0.2) is 4.98 Å². The average Bonchev–Trinajstić information content (AvgIpc) is 2.76. The highest BCUT2D eigenvalue weighted by Crippen LogP contribution is 2.26. The largest absolute Gasteiger partial charge is 0.382 e. The van der Waals surface area contributed by atoms with Crippen LogP contribution in [0.25, 0.3) is 0 Å². The van der Waals surface area contributed by atoms with Crippen LogP contribution in [0.4, 0.5) is 10.9 Å². The molecule has 0 fully saturated rings. The van der Waals surface area contributed by atoms with Gasteiger partial charge >= 0.3 is 0 Å². The van der Waals surface area contributed by atoms with Crippen molar-refractivity contribution in [3.05, 3.63) is 4.88 Å². The molecule has 0 radical (unpaired) electrons. The van der Waals surface area contributed by atoms with Gasteiger partial charge in [-0.15, -0.1) is 0 Å². The summed E-state index contributed by atoms with van der Waals surface area (Å²) in [5.74, 6) is 0.282. The quantitative estimate of drug-likeness (QED) is 0.807. The van der Waals surface area contributed by atoms with Gasteiger partial charge in [-0.2, -0.15) is 0 Å². The van der Waals surface area contributed by atoms with Crippen LogP contribution in [0.1, 0.15) is 49.7 Å². The second kappa shape index (κ2) is 7.33. The molecule has 1 amide bonds. The van der Waals surface area contributed by atoms with E-state index < -0.39 is 0 Å². The number of nitrogens with two attached hydrogens (primary N) is 1. The maximum atomic E-state index is 12.4. The number of anilines is 2. The van der Waals surface area contributed by atoms with Crippen molar-refractivity contribution in [2.75, 3.05) is 24.6 Å². The minimum atomic E-state index is -0.0412. The van der Waals surface area contributed by atoms with Crippen LogP contribution < -0.4 is 11.1 Å². The van der Waals surface area contributed by atoms with Crippen LogP contribution in [0.2, 0.25) is 0 Å². The van der Waals surface area contributed by atoms with Gasteiger partial charge in [0.2, 0.25) is 0 Å². The van der Waals surface area contributed by atoms with Gasteiger partial charge in [0.1, 0.15) is 10.7 Å². The number of aromatic nitrogens is 1. The number of nitrogens with zero attached hydrogens (tertiary/aromatic N) is 2. The van der Waals surface area contributed by atoms with E-state index in [0.717, 1.165) is 30.9 Å². The highest BCUT2D eigenvalue weighted by Gasteiger charge is 2.22. The van der Waals surface area contributed by atoms with Crippen LogP contribution in [0.5, 0.6) is 0 Å². The normalized spacial score (nSPS) is 12.2. The minimum Gasteiger partial charge on any atom is -0.382 e. The molecule has 1 atom stereocenters. The molecule has 0 bridgehead atoms. The van der Waals surface area contributed by atoms with E-state index in [2.05, 4.69) is 31.1 Å². The first-order chi connectivity index (χ1) is 9.01. The predicted octanol–water partition coefficient (Wildman–Crippen LogP) is 2.81. The lowest BCUT2D eigenvalue weighted by atomic mass is 10.1. The minimum absolute atomic E-state index is 0.0412. The van der Waals surface area contributed by atoms with Crippen molar-refractivity contribution in [1.82, 2.24) is 9.88 Å². The van der Waals surface area contributed by atoms with E-state index in [4.69, 9.17) is 5.73 Å². The third-order valence-electron chi connectivity index (χ3n) is 3.06. The topological polar surface area (TPSA) is 71.2 Å². The molecular weight excluding hydrogens is 260 g/mol. The van der Waals surface area contributed by atoms with E-state index >= 15 is 0 Å². The first-order valence-corrected chi connectivity index (χ1v) is 7.60. The summed E-state index contributed by atoms with van der Waals surface area (Å²) in [6.07, 6.45) is 3.05. The van der Waals surface area contributed by atoms with E-state index in [0.29, 0.717) is 10.7 Å². The average molecular weight is 284 g/mol. The van der Waals surface area contributed by atoms with Crippen molar-refractivity contribution in [2.45, 2.75) is 46.1 Å². The van der Waals surface area contributed by atoms with Crippen molar-refractivity contribution >= 4 is 28.2 Å². The summed E-state index contributed by atoms with van der Waals surface area (Å²) in [6, 6.07) is 0.214. The third-order valence-corrected chi connectivity index (χ3v) is 4.08. The number of hydrogen-bond donors (Lipinski definition) is 2. The number of nitrogen functional groups attached to an aromatic ring is 1.